The summed E-state index contributed by atoms with van der Waals surface area (Å²) in [7, 11) is -3.54. The normalized spacial score (nSPS) is 12.8. The van der Waals surface area contributed by atoms with Crippen molar-refractivity contribution in [1.29, 1.82) is 5.26 Å². The van der Waals surface area contributed by atoms with Crippen LogP contribution in [0.25, 0.3) is 0 Å². The van der Waals surface area contributed by atoms with Gasteiger partial charge in [-0.2, -0.15) is 5.26 Å². The molecule has 1 unspecified atom stereocenters. The molecule has 1 aromatic carbocycles. The van der Waals surface area contributed by atoms with Crippen LogP contribution in [0.3, 0.4) is 0 Å². The average Bonchev–Trinajstić information content (AvgIpc) is 2.46. The first kappa shape index (κ1) is 17.6. The summed E-state index contributed by atoms with van der Waals surface area (Å²) in [6, 6.07) is 8.34. The Bertz CT molecular complexity index is 556. The Hall–Kier alpha value is -1.42. The van der Waals surface area contributed by atoms with E-state index in [-0.39, 0.29) is 23.8 Å². The zero-order valence-corrected chi connectivity index (χ0v) is 13.1. The fourth-order valence-corrected chi connectivity index (χ4v) is 3.24. The molecule has 0 aliphatic heterocycles. The van der Waals surface area contributed by atoms with Gasteiger partial charge in [-0.25, -0.2) is 13.1 Å². The summed E-state index contributed by atoms with van der Waals surface area (Å²) in [6.07, 6.45) is 2.69. The fourth-order valence-electron chi connectivity index (χ4n) is 2.13. The van der Waals surface area contributed by atoms with Crippen molar-refractivity contribution >= 4 is 10.0 Å². The summed E-state index contributed by atoms with van der Waals surface area (Å²) in [5.41, 5.74) is 0.792. The SMILES string of the molecule is CCCC(CCO)CNS(=O)(=O)c1ccc(CC#N)cc1. The van der Waals surface area contributed by atoms with E-state index in [0.717, 1.165) is 18.4 Å². The summed E-state index contributed by atoms with van der Waals surface area (Å²) >= 11 is 0. The molecule has 0 radical (unpaired) electrons. The highest BCUT2D eigenvalue weighted by molar-refractivity contribution is 7.89. The number of hydrogen-bond donors (Lipinski definition) is 2. The second-order valence-corrected chi connectivity index (χ2v) is 6.76. The first-order valence-corrected chi connectivity index (χ1v) is 8.58. The van der Waals surface area contributed by atoms with Crippen molar-refractivity contribution in [3.63, 3.8) is 0 Å². The van der Waals surface area contributed by atoms with Crippen LogP contribution in [-0.2, 0) is 16.4 Å². The van der Waals surface area contributed by atoms with Gasteiger partial charge >= 0.3 is 0 Å². The Kier molecular flexibility index (Phi) is 7.37. The molecule has 0 heterocycles. The molecule has 0 bridgehead atoms. The number of nitriles is 1. The van der Waals surface area contributed by atoms with Gasteiger partial charge in [-0.1, -0.05) is 25.5 Å². The van der Waals surface area contributed by atoms with Crippen LogP contribution in [0.2, 0.25) is 0 Å². The molecule has 1 atom stereocenters. The van der Waals surface area contributed by atoms with E-state index in [4.69, 9.17) is 10.4 Å². The Morgan fingerprint density at radius 2 is 1.95 bits per heavy atom. The van der Waals surface area contributed by atoms with Crippen molar-refractivity contribution in [2.75, 3.05) is 13.2 Å². The number of nitrogens with zero attached hydrogens (tertiary/aromatic N) is 1. The highest BCUT2D eigenvalue weighted by Crippen LogP contribution is 2.14. The van der Waals surface area contributed by atoms with E-state index >= 15 is 0 Å². The molecular formula is C15H22N2O3S. The molecule has 0 saturated heterocycles. The third-order valence-corrected chi connectivity index (χ3v) is 4.75. The summed E-state index contributed by atoms with van der Waals surface area (Å²) in [6.45, 7) is 2.43. The third kappa shape index (κ3) is 5.84. The maximum Gasteiger partial charge on any atom is 0.240 e. The van der Waals surface area contributed by atoms with Gasteiger partial charge in [0.15, 0.2) is 0 Å². The predicted molar refractivity (Wildman–Crippen MR) is 81.0 cm³/mol. The lowest BCUT2D eigenvalue weighted by Gasteiger charge is -2.15. The zero-order chi connectivity index (χ0) is 15.7. The molecule has 0 aliphatic rings. The highest BCUT2D eigenvalue weighted by atomic mass is 32.2. The van der Waals surface area contributed by atoms with Crippen LogP contribution in [0, 0.1) is 17.2 Å². The molecule has 116 valence electrons. The summed E-state index contributed by atoms with van der Waals surface area (Å²) < 4.78 is 26.9. The van der Waals surface area contributed by atoms with Gasteiger partial charge in [0, 0.05) is 13.2 Å². The topological polar surface area (TPSA) is 90.2 Å². The van der Waals surface area contributed by atoms with E-state index in [1.807, 2.05) is 13.0 Å². The van der Waals surface area contributed by atoms with Crippen molar-refractivity contribution in [3.05, 3.63) is 29.8 Å². The van der Waals surface area contributed by atoms with Gasteiger partial charge < -0.3 is 5.11 Å². The van der Waals surface area contributed by atoms with Gasteiger partial charge in [-0.05, 0) is 36.5 Å². The molecule has 0 amide bonds. The minimum Gasteiger partial charge on any atom is -0.396 e. The second-order valence-electron chi connectivity index (χ2n) is 5.00. The van der Waals surface area contributed by atoms with E-state index in [9.17, 15) is 8.42 Å². The molecule has 1 rings (SSSR count). The molecule has 0 aliphatic carbocycles. The van der Waals surface area contributed by atoms with Crippen LogP contribution in [-0.4, -0.2) is 26.7 Å². The smallest absolute Gasteiger partial charge is 0.240 e. The standard InChI is InChI=1S/C15H22N2O3S/c1-2-3-14(9-11-18)12-17-21(19,20)15-6-4-13(5-7-15)8-10-16/h4-7,14,17-18H,2-3,8-9,11-12H2,1H3. The fraction of sp³-hybridized carbons (Fsp3) is 0.533. The first-order chi connectivity index (χ1) is 10.0. The lowest BCUT2D eigenvalue weighted by molar-refractivity contribution is 0.251. The second kappa shape index (κ2) is 8.78. The molecule has 1 aromatic rings. The number of hydrogen-bond acceptors (Lipinski definition) is 4. The summed E-state index contributed by atoms with van der Waals surface area (Å²) in [4.78, 5) is 0.198. The molecule has 0 spiro atoms. The quantitative estimate of drug-likeness (QED) is 0.728. The average molecular weight is 310 g/mol. The van der Waals surface area contributed by atoms with Gasteiger partial charge in [0.1, 0.15) is 0 Å². The summed E-state index contributed by atoms with van der Waals surface area (Å²) in [5, 5.41) is 17.6. The van der Waals surface area contributed by atoms with Crippen molar-refractivity contribution in [2.24, 2.45) is 5.92 Å². The maximum absolute atomic E-state index is 12.2. The van der Waals surface area contributed by atoms with E-state index in [0.29, 0.717) is 13.0 Å². The van der Waals surface area contributed by atoms with Gasteiger partial charge in [0.2, 0.25) is 10.0 Å². The van der Waals surface area contributed by atoms with Crippen molar-refractivity contribution in [1.82, 2.24) is 4.72 Å². The number of benzene rings is 1. The number of aliphatic hydroxyl groups is 1. The Morgan fingerprint density at radius 1 is 1.29 bits per heavy atom. The molecule has 0 fully saturated rings. The maximum atomic E-state index is 12.2. The van der Waals surface area contributed by atoms with Crippen LogP contribution in [0.1, 0.15) is 31.7 Å². The Balaban J connectivity index is 2.70. The lowest BCUT2D eigenvalue weighted by Crippen LogP contribution is -2.29. The van der Waals surface area contributed by atoms with Gasteiger partial charge in [0.25, 0.3) is 0 Å². The number of nitrogens with one attached hydrogen (secondary N) is 1. The Morgan fingerprint density at radius 3 is 2.48 bits per heavy atom. The number of rotatable bonds is 9. The van der Waals surface area contributed by atoms with Crippen molar-refractivity contribution in [2.45, 2.75) is 37.5 Å². The van der Waals surface area contributed by atoms with E-state index in [1.54, 1.807) is 12.1 Å². The van der Waals surface area contributed by atoms with Gasteiger partial charge in [-0.15, -0.1) is 0 Å². The minimum absolute atomic E-state index is 0.0647. The monoisotopic (exact) mass is 310 g/mol. The van der Waals surface area contributed by atoms with Crippen LogP contribution >= 0.6 is 0 Å². The summed E-state index contributed by atoms with van der Waals surface area (Å²) in [5.74, 6) is 0.146. The van der Waals surface area contributed by atoms with Gasteiger partial charge in [0.05, 0.1) is 17.4 Å². The molecule has 5 nitrogen and oxygen atoms in total. The minimum atomic E-state index is -3.54. The highest BCUT2D eigenvalue weighted by Gasteiger charge is 2.16. The van der Waals surface area contributed by atoms with Gasteiger partial charge in [-0.3, -0.25) is 0 Å². The molecule has 0 saturated carbocycles. The predicted octanol–water partition coefficient (Wildman–Crippen LogP) is 1.83. The van der Waals surface area contributed by atoms with Crippen LogP contribution in [0.5, 0.6) is 0 Å². The van der Waals surface area contributed by atoms with E-state index in [1.165, 1.54) is 12.1 Å². The zero-order valence-electron chi connectivity index (χ0n) is 12.2. The molecule has 2 N–H and O–H groups in total. The van der Waals surface area contributed by atoms with Crippen molar-refractivity contribution in [3.8, 4) is 6.07 Å². The van der Waals surface area contributed by atoms with Crippen LogP contribution < -0.4 is 4.72 Å². The molecule has 6 heteroatoms. The molecule has 21 heavy (non-hydrogen) atoms. The largest absolute Gasteiger partial charge is 0.396 e. The number of aliphatic hydroxyl groups excluding tert-OH is 1. The van der Waals surface area contributed by atoms with Crippen molar-refractivity contribution < 1.29 is 13.5 Å². The third-order valence-electron chi connectivity index (χ3n) is 3.31. The molecule has 0 aromatic heterocycles. The number of sulfonamides is 1. The van der Waals surface area contributed by atoms with E-state index in [2.05, 4.69) is 4.72 Å². The first-order valence-electron chi connectivity index (χ1n) is 7.10. The lowest BCUT2D eigenvalue weighted by atomic mass is 10.0. The van der Waals surface area contributed by atoms with E-state index < -0.39 is 10.0 Å². The van der Waals surface area contributed by atoms with Crippen LogP contribution in [0.15, 0.2) is 29.2 Å². The molecular weight excluding hydrogens is 288 g/mol. The Labute approximate surface area is 126 Å². The van der Waals surface area contributed by atoms with Crippen LogP contribution in [0.4, 0.5) is 0 Å².